The molecule has 27 heavy (non-hydrogen) atoms. The van der Waals surface area contributed by atoms with Crippen LogP contribution in [0.15, 0.2) is 28.9 Å². The number of nitriles is 1. The fraction of sp³-hybridized carbons (Fsp3) is 0.368. The van der Waals surface area contributed by atoms with Gasteiger partial charge in [0.2, 0.25) is 24.2 Å². The summed E-state index contributed by atoms with van der Waals surface area (Å²) in [5.74, 6) is 1.31. The zero-order valence-corrected chi connectivity index (χ0v) is 15.0. The number of ketones is 1. The van der Waals surface area contributed by atoms with Gasteiger partial charge < -0.3 is 29.4 Å². The number of hydrogen-bond donors (Lipinski definition) is 1. The fourth-order valence-corrected chi connectivity index (χ4v) is 3.78. The van der Waals surface area contributed by atoms with E-state index in [2.05, 4.69) is 6.07 Å². The van der Waals surface area contributed by atoms with Crippen molar-refractivity contribution in [1.82, 2.24) is 0 Å². The third kappa shape index (κ3) is 2.46. The van der Waals surface area contributed by atoms with Crippen molar-refractivity contribution in [3.8, 4) is 29.1 Å². The van der Waals surface area contributed by atoms with Crippen molar-refractivity contribution in [2.45, 2.75) is 25.2 Å². The molecule has 0 radical (unpaired) electrons. The van der Waals surface area contributed by atoms with Crippen LogP contribution in [0.25, 0.3) is 0 Å². The second kappa shape index (κ2) is 6.43. The normalized spacial score (nSPS) is 20.8. The van der Waals surface area contributed by atoms with Crippen LogP contribution < -0.4 is 24.7 Å². The highest BCUT2D eigenvalue weighted by molar-refractivity contribution is 5.99. The largest absolute Gasteiger partial charge is 0.493 e. The summed E-state index contributed by atoms with van der Waals surface area (Å²) in [6.45, 7) is 0.0231. The van der Waals surface area contributed by atoms with E-state index in [0.717, 1.165) is 0 Å². The smallest absolute Gasteiger partial charge is 0.231 e. The molecule has 0 spiro atoms. The summed E-state index contributed by atoms with van der Waals surface area (Å²) >= 11 is 0. The van der Waals surface area contributed by atoms with Gasteiger partial charge >= 0.3 is 0 Å². The number of carbonyl (C=O) groups excluding carboxylic acids is 1. The lowest BCUT2D eigenvalue weighted by molar-refractivity contribution is -0.116. The van der Waals surface area contributed by atoms with E-state index in [4.69, 9.17) is 29.4 Å². The summed E-state index contributed by atoms with van der Waals surface area (Å²) in [6.07, 6.45) is 1.66. The predicted octanol–water partition coefficient (Wildman–Crippen LogP) is 2.25. The summed E-state index contributed by atoms with van der Waals surface area (Å²) in [7, 11) is 2.99. The first kappa shape index (κ1) is 17.1. The summed E-state index contributed by atoms with van der Waals surface area (Å²) in [5, 5.41) is 9.72. The minimum absolute atomic E-state index is 0.00497. The quantitative estimate of drug-likeness (QED) is 0.862. The van der Waals surface area contributed by atoms with E-state index in [9.17, 15) is 10.1 Å². The highest BCUT2D eigenvalue weighted by Gasteiger charge is 2.41. The van der Waals surface area contributed by atoms with Gasteiger partial charge in [-0.05, 0) is 12.5 Å². The van der Waals surface area contributed by atoms with Crippen molar-refractivity contribution in [1.29, 1.82) is 5.26 Å². The van der Waals surface area contributed by atoms with Crippen LogP contribution in [0.3, 0.4) is 0 Å². The van der Waals surface area contributed by atoms with Gasteiger partial charge in [-0.1, -0.05) is 0 Å². The SMILES string of the molecule is COc1cc([C@@H]2C(C#N)=C(N)OC3=C2C(=O)CCC3)c(OC)c2c1OCO2. The van der Waals surface area contributed by atoms with Crippen molar-refractivity contribution in [3.05, 3.63) is 34.4 Å². The molecule has 2 N–H and O–H groups in total. The molecule has 8 heteroatoms. The summed E-state index contributed by atoms with van der Waals surface area (Å²) < 4.78 is 27.6. The van der Waals surface area contributed by atoms with Crippen LogP contribution in [0.5, 0.6) is 23.0 Å². The van der Waals surface area contributed by atoms with Gasteiger partial charge in [-0.3, -0.25) is 4.79 Å². The first-order valence-electron chi connectivity index (χ1n) is 8.49. The molecule has 0 fully saturated rings. The van der Waals surface area contributed by atoms with E-state index in [1.54, 1.807) is 6.07 Å². The minimum Gasteiger partial charge on any atom is -0.493 e. The predicted molar refractivity (Wildman–Crippen MR) is 92.2 cm³/mol. The van der Waals surface area contributed by atoms with Crippen molar-refractivity contribution >= 4 is 5.78 Å². The zero-order chi connectivity index (χ0) is 19.1. The van der Waals surface area contributed by atoms with E-state index in [0.29, 0.717) is 59.2 Å². The first-order chi connectivity index (χ1) is 13.1. The monoisotopic (exact) mass is 370 g/mol. The second-order valence-corrected chi connectivity index (χ2v) is 6.30. The molecule has 0 amide bonds. The topological polar surface area (TPSA) is 113 Å². The van der Waals surface area contributed by atoms with E-state index in [-0.39, 0.29) is 24.0 Å². The summed E-state index contributed by atoms with van der Waals surface area (Å²) in [6, 6.07) is 3.78. The number of ether oxygens (including phenoxy) is 5. The van der Waals surface area contributed by atoms with Gasteiger partial charge in [0, 0.05) is 24.0 Å². The zero-order valence-electron chi connectivity index (χ0n) is 15.0. The van der Waals surface area contributed by atoms with Gasteiger partial charge in [0.05, 0.1) is 20.1 Å². The molecule has 140 valence electrons. The molecular weight excluding hydrogens is 352 g/mol. The molecule has 0 unspecified atom stereocenters. The van der Waals surface area contributed by atoms with E-state index in [1.165, 1.54) is 14.2 Å². The van der Waals surface area contributed by atoms with Crippen LogP contribution in [0.4, 0.5) is 0 Å². The van der Waals surface area contributed by atoms with Gasteiger partial charge in [0.1, 0.15) is 17.4 Å². The number of Topliss-reactive ketones (excluding diaryl/α,β-unsaturated/α-hetero) is 1. The lowest BCUT2D eigenvalue weighted by atomic mass is 9.77. The highest BCUT2D eigenvalue weighted by Crippen LogP contribution is 2.55. The number of hydrogen-bond acceptors (Lipinski definition) is 8. The maximum absolute atomic E-state index is 12.7. The lowest BCUT2D eigenvalue weighted by Gasteiger charge is -2.31. The minimum atomic E-state index is -0.718. The first-order valence-corrected chi connectivity index (χ1v) is 8.49. The molecule has 2 aliphatic heterocycles. The highest BCUT2D eigenvalue weighted by atomic mass is 16.7. The third-order valence-corrected chi connectivity index (χ3v) is 4.93. The molecule has 0 aromatic heterocycles. The van der Waals surface area contributed by atoms with Crippen LogP contribution in [-0.4, -0.2) is 26.8 Å². The molecule has 0 bridgehead atoms. The molecule has 1 atom stereocenters. The van der Waals surface area contributed by atoms with Gasteiger partial charge in [-0.15, -0.1) is 0 Å². The fourth-order valence-electron chi connectivity index (χ4n) is 3.78. The molecule has 0 saturated carbocycles. The van der Waals surface area contributed by atoms with Gasteiger partial charge in [-0.25, -0.2) is 0 Å². The Morgan fingerprint density at radius 1 is 1.22 bits per heavy atom. The van der Waals surface area contributed by atoms with Crippen molar-refractivity contribution in [3.63, 3.8) is 0 Å². The molecular formula is C19H18N2O6. The Balaban J connectivity index is 2.00. The van der Waals surface area contributed by atoms with Crippen molar-refractivity contribution in [2.75, 3.05) is 21.0 Å². The van der Waals surface area contributed by atoms with Gasteiger partial charge in [0.15, 0.2) is 17.3 Å². The Morgan fingerprint density at radius 3 is 2.70 bits per heavy atom. The van der Waals surface area contributed by atoms with Crippen LogP contribution in [0.2, 0.25) is 0 Å². The van der Waals surface area contributed by atoms with E-state index >= 15 is 0 Å². The average molecular weight is 370 g/mol. The summed E-state index contributed by atoms with van der Waals surface area (Å²) in [5.41, 5.74) is 7.14. The molecule has 1 aromatic carbocycles. The van der Waals surface area contributed by atoms with E-state index < -0.39 is 5.92 Å². The van der Waals surface area contributed by atoms with Crippen molar-refractivity contribution in [2.24, 2.45) is 5.73 Å². The number of nitrogens with zero attached hydrogens (tertiary/aromatic N) is 1. The molecule has 0 saturated heterocycles. The van der Waals surface area contributed by atoms with Crippen molar-refractivity contribution < 1.29 is 28.5 Å². The molecule has 3 aliphatic rings. The summed E-state index contributed by atoms with van der Waals surface area (Å²) in [4.78, 5) is 12.7. The Kier molecular flexibility index (Phi) is 4.07. The standard InChI is InChI=1S/C19H18N2O6/c1-23-13-6-9(16(24-2)18-17(13)25-8-26-18)14-10(7-20)19(21)27-12-5-3-4-11(22)15(12)14/h6,14H,3-5,8,21H2,1-2H3/t14-/m1/s1. The molecule has 4 rings (SSSR count). The van der Waals surface area contributed by atoms with Gasteiger partial charge in [-0.2, -0.15) is 5.26 Å². The number of methoxy groups -OCH3 is 2. The second-order valence-electron chi connectivity index (χ2n) is 6.30. The number of nitrogens with two attached hydrogens (primary N) is 1. The Labute approximate surface area is 155 Å². The number of benzene rings is 1. The van der Waals surface area contributed by atoms with Crippen LogP contribution >= 0.6 is 0 Å². The Morgan fingerprint density at radius 2 is 2.00 bits per heavy atom. The maximum Gasteiger partial charge on any atom is 0.231 e. The number of allylic oxidation sites excluding steroid dienone is 3. The Hall–Kier alpha value is -3.34. The van der Waals surface area contributed by atoms with Crippen LogP contribution in [0, 0.1) is 11.3 Å². The van der Waals surface area contributed by atoms with Gasteiger partial charge in [0.25, 0.3) is 0 Å². The van der Waals surface area contributed by atoms with Crippen LogP contribution in [-0.2, 0) is 9.53 Å². The molecule has 1 aliphatic carbocycles. The molecule has 2 heterocycles. The lowest BCUT2D eigenvalue weighted by Crippen LogP contribution is -2.27. The third-order valence-electron chi connectivity index (χ3n) is 4.93. The van der Waals surface area contributed by atoms with Crippen LogP contribution in [0.1, 0.15) is 30.7 Å². The molecule has 1 aromatic rings. The number of carbonyl (C=O) groups is 1. The average Bonchev–Trinajstić information content (AvgIpc) is 3.15. The Bertz CT molecular complexity index is 940. The number of fused-ring (bicyclic) bond motifs is 1. The number of rotatable bonds is 3. The molecule has 8 nitrogen and oxygen atoms in total. The van der Waals surface area contributed by atoms with E-state index in [1.807, 2.05) is 0 Å². The maximum atomic E-state index is 12.7.